The van der Waals surface area contributed by atoms with Gasteiger partial charge < -0.3 is 23.7 Å². The topological polar surface area (TPSA) is 48.8 Å². The van der Waals surface area contributed by atoms with Gasteiger partial charge >= 0.3 is 0 Å². The van der Waals surface area contributed by atoms with Crippen LogP contribution in [-0.2, 0) is 6.54 Å². The molecule has 3 aromatic rings. The van der Waals surface area contributed by atoms with Crippen molar-refractivity contribution >= 4 is 0 Å². The highest BCUT2D eigenvalue weighted by Crippen LogP contribution is 2.33. The Bertz CT molecular complexity index is 965. The Labute approximate surface area is 157 Å². The molecule has 27 heavy (non-hydrogen) atoms. The van der Waals surface area contributed by atoms with Crippen molar-refractivity contribution in [1.29, 1.82) is 0 Å². The maximum Gasteiger partial charge on any atom is 0.231 e. The molecule has 0 bridgehead atoms. The van der Waals surface area contributed by atoms with Crippen molar-refractivity contribution in [3.8, 4) is 22.9 Å². The van der Waals surface area contributed by atoms with Crippen LogP contribution in [0.1, 0.15) is 12.0 Å². The lowest BCUT2D eigenvalue weighted by molar-refractivity contribution is 0.174. The molecule has 0 unspecified atom stereocenters. The number of hydrogen-bond acceptors (Lipinski definition) is 5. The summed E-state index contributed by atoms with van der Waals surface area (Å²) in [5.74, 6) is 3.46. The van der Waals surface area contributed by atoms with Crippen LogP contribution in [0.2, 0.25) is 0 Å². The third kappa shape index (κ3) is 3.33. The third-order valence-electron chi connectivity index (χ3n) is 4.68. The lowest BCUT2D eigenvalue weighted by Gasteiger charge is -2.14. The standard InChI is InChI=1S/C21H19N3O3/c1-6-20-21(26-15-25-20)11-16(1)12-23-9-7-19(13-23)27-18-4-2-17(3-5-18)24-10-8-22-14-24/h1-6,8,10-11,13-14H,7,9,12,15H2. The van der Waals surface area contributed by atoms with Crippen molar-refractivity contribution in [3.05, 3.63) is 78.7 Å². The number of aromatic nitrogens is 2. The summed E-state index contributed by atoms with van der Waals surface area (Å²) in [5, 5.41) is 0. The number of imidazole rings is 1. The van der Waals surface area contributed by atoms with Crippen molar-refractivity contribution in [2.24, 2.45) is 0 Å². The molecule has 3 heterocycles. The zero-order chi connectivity index (χ0) is 18.1. The fraction of sp³-hybridized carbons (Fsp3) is 0.190. The minimum atomic E-state index is 0.306. The van der Waals surface area contributed by atoms with Crippen LogP contribution < -0.4 is 14.2 Å². The molecule has 136 valence electrons. The van der Waals surface area contributed by atoms with Crippen LogP contribution >= 0.6 is 0 Å². The SMILES string of the molecule is C1=C(Oc2ccc(-n3ccnc3)cc2)CCN1Cc1ccc2c(c1)OCO2. The van der Waals surface area contributed by atoms with Gasteiger partial charge in [-0.25, -0.2) is 4.98 Å². The first-order chi connectivity index (χ1) is 13.3. The zero-order valence-corrected chi connectivity index (χ0v) is 14.7. The van der Waals surface area contributed by atoms with Gasteiger partial charge in [0.15, 0.2) is 11.5 Å². The highest BCUT2D eigenvalue weighted by atomic mass is 16.7. The molecule has 0 aliphatic carbocycles. The van der Waals surface area contributed by atoms with E-state index in [4.69, 9.17) is 14.2 Å². The molecule has 1 aromatic heterocycles. The molecule has 0 saturated heterocycles. The van der Waals surface area contributed by atoms with Gasteiger partial charge in [0.25, 0.3) is 0 Å². The van der Waals surface area contributed by atoms with Crippen LogP contribution in [0.5, 0.6) is 17.2 Å². The van der Waals surface area contributed by atoms with Gasteiger partial charge in [-0.15, -0.1) is 0 Å². The van der Waals surface area contributed by atoms with Gasteiger partial charge in [-0.1, -0.05) is 6.07 Å². The van der Waals surface area contributed by atoms with Crippen LogP contribution in [0.4, 0.5) is 0 Å². The first kappa shape index (κ1) is 15.8. The van der Waals surface area contributed by atoms with Crippen molar-refractivity contribution in [2.45, 2.75) is 13.0 Å². The van der Waals surface area contributed by atoms with E-state index in [0.29, 0.717) is 6.79 Å². The molecular weight excluding hydrogens is 342 g/mol. The minimum absolute atomic E-state index is 0.306. The van der Waals surface area contributed by atoms with Gasteiger partial charge in [0.05, 0.1) is 6.33 Å². The molecule has 0 amide bonds. The predicted molar refractivity (Wildman–Crippen MR) is 99.9 cm³/mol. The van der Waals surface area contributed by atoms with Crippen molar-refractivity contribution in [2.75, 3.05) is 13.3 Å². The Kier molecular flexibility index (Phi) is 3.93. The molecule has 2 aromatic carbocycles. The molecular formula is C21H19N3O3. The van der Waals surface area contributed by atoms with Gasteiger partial charge in [0.2, 0.25) is 6.79 Å². The molecule has 0 spiro atoms. The van der Waals surface area contributed by atoms with E-state index in [1.807, 2.05) is 47.2 Å². The maximum atomic E-state index is 6.04. The average Bonchev–Trinajstić information content (AvgIpc) is 3.44. The van der Waals surface area contributed by atoms with Crippen molar-refractivity contribution < 1.29 is 14.2 Å². The molecule has 2 aliphatic rings. The monoisotopic (exact) mass is 361 g/mol. The van der Waals surface area contributed by atoms with E-state index < -0.39 is 0 Å². The highest BCUT2D eigenvalue weighted by Gasteiger charge is 2.17. The molecule has 0 saturated carbocycles. The maximum absolute atomic E-state index is 6.04. The summed E-state index contributed by atoms with van der Waals surface area (Å²) in [7, 11) is 0. The van der Waals surface area contributed by atoms with E-state index in [0.717, 1.165) is 48.2 Å². The van der Waals surface area contributed by atoms with Gasteiger partial charge in [-0.2, -0.15) is 0 Å². The average molecular weight is 361 g/mol. The molecule has 6 heteroatoms. The molecule has 0 N–H and O–H groups in total. The molecule has 5 rings (SSSR count). The van der Waals surface area contributed by atoms with Gasteiger partial charge in [0.1, 0.15) is 11.5 Å². The summed E-state index contributed by atoms with van der Waals surface area (Å²) < 4.78 is 18.8. The summed E-state index contributed by atoms with van der Waals surface area (Å²) >= 11 is 0. The van der Waals surface area contributed by atoms with Crippen LogP contribution in [0.25, 0.3) is 5.69 Å². The lowest BCUT2D eigenvalue weighted by atomic mass is 10.2. The first-order valence-corrected chi connectivity index (χ1v) is 8.93. The molecule has 0 fully saturated rings. The van der Waals surface area contributed by atoms with E-state index in [9.17, 15) is 0 Å². The van der Waals surface area contributed by atoms with Crippen molar-refractivity contribution in [1.82, 2.24) is 14.5 Å². The van der Waals surface area contributed by atoms with E-state index >= 15 is 0 Å². The number of rotatable bonds is 5. The van der Waals surface area contributed by atoms with Crippen LogP contribution in [0.15, 0.2) is 73.1 Å². The number of nitrogens with zero attached hydrogens (tertiary/aromatic N) is 3. The normalized spacial score (nSPS) is 15.1. The smallest absolute Gasteiger partial charge is 0.231 e. The summed E-state index contributed by atoms with van der Waals surface area (Å²) in [4.78, 5) is 6.32. The second-order valence-corrected chi connectivity index (χ2v) is 6.57. The largest absolute Gasteiger partial charge is 0.460 e. The summed E-state index contributed by atoms with van der Waals surface area (Å²) in [6, 6.07) is 14.1. The minimum Gasteiger partial charge on any atom is -0.460 e. The Morgan fingerprint density at radius 3 is 2.78 bits per heavy atom. The van der Waals surface area contributed by atoms with E-state index in [-0.39, 0.29) is 0 Å². The predicted octanol–water partition coefficient (Wildman–Crippen LogP) is 3.73. The van der Waals surface area contributed by atoms with Crippen molar-refractivity contribution in [3.63, 3.8) is 0 Å². The Balaban J connectivity index is 1.23. The summed E-state index contributed by atoms with van der Waals surface area (Å²) in [6.07, 6.45) is 8.46. The summed E-state index contributed by atoms with van der Waals surface area (Å²) in [6.45, 7) is 2.07. The Morgan fingerprint density at radius 2 is 1.93 bits per heavy atom. The second kappa shape index (κ2) is 6.72. The number of ether oxygens (including phenoxy) is 3. The number of fused-ring (bicyclic) bond motifs is 1. The molecule has 6 nitrogen and oxygen atoms in total. The third-order valence-corrected chi connectivity index (χ3v) is 4.68. The number of hydrogen-bond donors (Lipinski definition) is 0. The Hall–Kier alpha value is -3.41. The van der Waals surface area contributed by atoms with E-state index in [1.54, 1.807) is 12.5 Å². The van der Waals surface area contributed by atoms with Crippen LogP contribution in [0, 0.1) is 0 Å². The quantitative estimate of drug-likeness (QED) is 0.693. The van der Waals surface area contributed by atoms with E-state index in [1.165, 1.54) is 5.56 Å². The van der Waals surface area contributed by atoms with E-state index in [2.05, 4.69) is 22.2 Å². The summed E-state index contributed by atoms with van der Waals surface area (Å²) in [5.41, 5.74) is 2.26. The Morgan fingerprint density at radius 1 is 1.04 bits per heavy atom. The lowest BCUT2D eigenvalue weighted by Crippen LogP contribution is -2.13. The molecule has 2 aliphatic heterocycles. The van der Waals surface area contributed by atoms with Crippen LogP contribution in [0.3, 0.4) is 0 Å². The molecule has 0 radical (unpaired) electrons. The number of benzene rings is 2. The van der Waals surface area contributed by atoms with Gasteiger partial charge in [-0.3, -0.25) is 0 Å². The first-order valence-electron chi connectivity index (χ1n) is 8.93. The fourth-order valence-electron chi connectivity index (χ4n) is 3.31. The zero-order valence-electron chi connectivity index (χ0n) is 14.7. The van der Waals surface area contributed by atoms with Crippen LogP contribution in [-0.4, -0.2) is 27.8 Å². The van der Waals surface area contributed by atoms with Gasteiger partial charge in [-0.05, 0) is 42.0 Å². The van der Waals surface area contributed by atoms with Gasteiger partial charge in [0, 0.05) is 43.8 Å². The molecule has 0 atom stereocenters. The fourth-order valence-corrected chi connectivity index (χ4v) is 3.31. The second-order valence-electron chi connectivity index (χ2n) is 6.57. The highest BCUT2D eigenvalue weighted by molar-refractivity contribution is 5.44.